The molecule has 0 aliphatic carbocycles. The minimum Gasteiger partial charge on any atom is -0.252 e. The third kappa shape index (κ3) is 15.6. The van der Waals surface area contributed by atoms with Gasteiger partial charge in [0.2, 0.25) is 0 Å². The summed E-state index contributed by atoms with van der Waals surface area (Å²) in [5.41, 5.74) is 13.1. The van der Waals surface area contributed by atoms with Gasteiger partial charge in [0.1, 0.15) is 0 Å². The fraction of sp³-hybridized carbons (Fsp3) is 0.592. The molecule has 0 aromatic heterocycles. The summed E-state index contributed by atoms with van der Waals surface area (Å²) in [6, 6.07) is 22.9. The van der Waals surface area contributed by atoms with Crippen LogP contribution >= 0.6 is 0 Å². The molecule has 0 aliphatic heterocycles. The summed E-state index contributed by atoms with van der Waals surface area (Å²) in [6.07, 6.45) is 29.0. The molecule has 51 heavy (non-hydrogen) atoms. The molecule has 3 aromatic rings. The summed E-state index contributed by atoms with van der Waals surface area (Å²) in [4.78, 5) is 10.6. The van der Waals surface area contributed by atoms with Crippen LogP contribution in [0.4, 0.5) is 11.4 Å². The molecule has 0 fully saturated rings. The van der Waals surface area contributed by atoms with E-state index in [1.807, 2.05) is 0 Å². The van der Waals surface area contributed by atoms with E-state index in [1.54, 1.807) is 5.56 Å². The topological polar surface area (TPSA) is 24.7 Å². The van der Waals surface area contributed by atoms with E-state index in [-0.39, 0.29) is 0 Å². The Kier molecular flexibility index (Phi) is 21.5. The van der Waals surface area contributed by atoms with Gasteiger partial charge in [0, 0.05) is 0 Å². The third-order valence-electron chi connectivity index (χ3n) is 10.6. The number of benzene rings is 3. The highest BCUT2D eigenvalue weighted by atomic mass is 14.8. The summed E-state index contributed by atoms with van der Waals surface area (Å²) in [5, 5.41) is 0. The second-order valence-corrected chi connectivity index (χ2v) is 15.0. The summed E-state index contributed by atoms with van der Waals surface area (Å²) in [6.45, 7) is 13.6. The maximum absolute atomic E-state index is 5.39. The lowest BCUT2D eigenvalue weighted by atomic mass is 9.88. The molecular formula is C49H74N2. The van der Waals surface area contributed by atoms with Crippen molar-refractivity contribution >= 4 is 22.8 Å². The Morgan fingerprint density at radius 3 is 1.57 bits per heavy atom. The average Bonchev–Trinajstić information content (AvgIpc) is 3.15. The molecule has 0 aliphatic rings. The van der Waals surface area contributed by atoms with E-state index < -0.39 is 0 Å². The van der Waals surface area contributed by atoms with Crippen molar-refractivity contribution in [2.75, 3.05) is 0 Å². The highest BCUT2D eigenvalue weighted by Crippen LogP contribution is 2.34. The first-order valence-electron chi connectivity index (χ1n) is 21.5. The molecule has 0 spiro atoms. The lowest BCUT2D eigenvalue weighted by Gasteiger charge is -2.18. The predicted molar refractivity (Wildman–Crippen MR) is 229 cm³/mol. The quantitative estimate of drug-likeness (QED) is 0.0562. The number of rotatable bonds is 27. The lowest BCUT2D eigenvalue weighted by molar-refractivity contribution is 0.605. The van der Waals surface area contributed by atoms with Gasteiger partial charge in [0.15, 0.2) is 0 Å². The molecule has 0 N–H and O–H groups in total. The van der Waals surface area contributed by atoms with Crippen LogP contribution in [0.15, 0.2) is 70.6 Å². The first-order valence-corrected chi connectivity index (χ1v) is 21.5. The molecular weight excluding hydrogens is 617 g/mol. The van der Waals surface area contributed by atoms with Crippen molar-refractivity contribution < 1.29 is 0 Å². The van der Waals surface area contributed by atoms with Crippen molar-refractivity contribution in [3.05, 3.63) is 82.9 Å². The second-order valence-electron chi connectivity index (χ2n) is 15.0. The SMILES string of the molecule is CCCCCCCCc1c(CCCCCC)cc(N=C(CC)C(C)=Nc2ccc(CCCCCC)c(CCCCCC)c2)cc1-c1ccccc1. The molecule has 0 amide bonds. The Hall–Kier alpha value is -3.00. The second kappa shape index (κ2) is 25.9. The highest BCUT2D eigenvalue weighted by molar-refractivity contribution is 6.42. The number of aliphatic imine (C=N–C) groups is 2. The molecule has 0 saturated carbocycles. The zero-order valence-electron chi connectivity index (χ0n) is 33.9. The minimum absolute atomic E-state index is 0.862. The van der Waals surface area contributed by atoms with Crippen molar-refractivity contribution in [1.82, 2.24) is 0 Å². The van der Waals surface area contributed by atoms with E-state index in [0.717, 1.165) is 48.5 Å². The zero-order valence-corrected chi connectivity index (χ0v) is 33.9. The molecule has 0 heterocycles. The van der Waals surface area contributed by atoms with Crippen LogP contribution in [0, 0.1) is 0 Å². The van der Waals surface area contributed by atoms with Crippen LogP contribution in [-0.4, -0.2) is 11.4 Å². The largest absolute Gasteiger partial charge is 0.252 e. The van der Waals surface area contributed by atoms with E-state index in [4.69, 9.17) is 9.98 Å². The number of hydrogen-bond donors (Lipinski definition) is 0. The van der Waals surface area contributed by atoms with Crippen LogP contribution in [0.5, 0.6) is 0 Å². The van der Waals surface area contributed by atoms with Crippen molar-refractivity contribution in [2.45, 2.75) is 189 Å². The maximum Gasteiger partial charge on any atom is 0.0642 e. The number of aryl methyl sites for hydroxylation is 3. The predicted octanol–water partition coefficient (Wildman–Crippen LogP) is 15.9. The number of unbranched alkanes of at least 4 members (excludes halogenated alkanes) is 14. The molecule has 280 valence electrons. The first-order chi connectivity index (χ1) is 25.0. The van der Waals surface area contributed by atoms with E-state index in [2.05, 4.69) is 102 Å². The third-order valence-corrected chi connectivity index (χ3v) is 10.6. The van der Waals surface area contributed by atoms with Crippen LogP contribution in [0.1, 0.15) is 186 Å². The summed E-state index contributed by atoms with van der Waals surface area (Å²) < 4.78 is 0. The zero-order chi connectivity index (χ0) is 36.5. The van der Waals surface area contributed by atoms with E-state index in [9.17, 15) is 0 Å². The molecule has 0 atom stereocenters. The van der Waals surface area contributed by atoms with E-state index >= 15 is 0 Å². The number of hydrogen-bond acceptors (Lipinski definition) is 2. The van der Waals surface area contributed by atoms with Gasteiger partial charge >= 0.3 is 0 Å². The van der Waals surface area contributed by atoms with Gasteiger partial charge in [-0.1, -0.05) is 161 Å². The summed E-state index contributed by atoms with van der Waals surface area (Å²) in [5.74, 6) is 0. The maximum atomic E-state index is 5.39. The molecule has 2 heteroatoms. The first kappa shape index (κ1) is 42.4. The normalized spacial score (nSPS) is 12.2. The van der Waals surface area contributed by atoms with Crippen molar-refractivity contribution in [1.29, 1.82) is 0 Å². The Bertz CT molecular complexity index is 1430. The summed E-state index contributed by atoms with van der Waals surface area (Å²) in [7, 11) is 0. The van der Waals surface area contributed by atoms with E-state index in [1.165, 1.54) is 150 Å². The monoisotopic (exact) mass is 691 g/mol. The molecule has 3 aromatic carbocycles. The molecule has 0 saturated heterocycles. The van der Waals surface area contributed by atoms with Gasteiger partial charge in [0.05, 0.1) is 22.8 Å². The minimum atomic E-state index is 0.862. The standard InChI is InChI=1S/C49H74N2/c1-7-12-16-20-21-28-34-47-44(33-25-19-15-10-4)38-46(39-48(47)42-30-26-22-27-31-42)51-49(11-5)40(6)50-45-36-35-41(29-23-17-13-8-2)43(37-45)32-24-18-14-9-3/h22,26-27,30-31,35-39H,7-21,23-25,28-29,32-34H2,1-6H3. The van der Waals surface area contributed by atoms with Crippen LogP contribution < -0.4 is 0 Å². The van der Waals surface area contributed by atoms with Gasteiger partial charge in [-0.15, -0.1) is 0 Å². The Morgan fingerprint density at radius 2 is 0.961 bits per heavy atom. The van der Waals surface area contributed by atoms with Gasteiger partial charge in [-0.2, -0.15) is 0 Å². The van der Waals surface area contributed by atoms with Gasteiger partial charge in [-0.25, -0.2) is 0 Å². The van der Waals surface area contributed by atoms with Gasteiger partial charge in [-0.05, 0) is 122 Å². The number of nitrogens with zero attached hydrogens (tertiary/aromatic N) is 2. The Balaban J connectivity index is 1.97. The van der Waals surface area contributed by atoms with Crippen molar-refractivity contribution in [2.24, 2.45) is 9.98 Å². The van der Waals surface area contributed by atoms with E-state index in [0.29, 0.717) is 0 Å². The van der Waals surface area contributed by atoms with Crippen molar-refractivity contribution in [3.8, 4) is 11.1 Å². The summed E-state index contributed by atoms with van der Waals surface area (Å²) >= 11 is 0. The molecule has 0 radical (unpaired) electrons. The van der Waals surface area contributed by atoms with Gasteiger partial charge in [-0.3, -0.25) is 9.98 Å². The molecule has 2 nitrogen and oxygen atoms in total. The molecule has 0 unspecified atom stereocenters. The Morgan fingerprint density at radius 1 is 0.451 bits per heavy atom. The lowest BCUT2D eigenvalue weighted by Crippen LogP contribution is -2.09. The van der Waals surface area contributed by atoms with Crippen LogP contribution in [0.2, 0.25) is 0 Å². The molecule has 3 rings (SSSR count). The average molecular weight is 691 g/mol. The van der Waals surface area contributed by atoms with Gasteiger partial charge in [0.25, 0.3) is 0 Å². The van der Waals surface area contributed by atoms with Crippen LogP contribution in [-0.2, 0) is 25.7 Å². The van der Waals surface area contributed by atoms with Crippen LogP contribution in [0.25, 0.3) is 11.1 Å². The van der Waals surface area contributed by atoms with Crippen molar-refractivity contribution in [3.63, 3.8) is 0 Å². The highest BCUT2D eigenvalue weighted by Gasteiger charge is 2.14. The fourth-order valence-corrected chi connectivity index (χ4v) is 7.47. The van der Waals surface area contributed by atoms with Crippen LogP contribution in [0.3, 0.4) is 0 Å². The smallest absolute Gasteiger partial charge is 0.0642 e. The van der Waals surface area contributed by atoms with Gasteiger partial charge < -0.3 is 0 Å². The fourth-order valence-electron chi connectivity index (χ4n) is 7.47. The molecule has 0 bridgehead atoms. The Labute approximate surface area is 315 Å².